The first kappa shape index (κ1) is 21.7. The van der Waals surface area contributed by atoms with Crippen LogP contribution in [0.3, 0.4) is 0 Å². The van der Waals surface area contributed by atoms with Gasteiger partial charge in [0.15, 0.2) is 0 Å². The lowest BCUT2D eigenvalue weighted by atomic mass is 9.97. The van der Waals surface area contributed by atoms with Gasteiger partial charge in [-0.1, -0.05) is 0 Å². The number of likely N-dealkylation sites (tertiary alicyclic amines) is 2. The summed E-state index contributed by atoms with van der Waals surface area (Å²) in [5.74, 6) is 0.403. The van der Waals surface area contributed by atoms with E-state index in [0.717, 1.165) is 36.7 Å². The summed E-state index contributed by atoms with van der Waals surface area (Å²) in [5, 5.41) is 5.94. The first-order valence-electron chi connectivity index (χ1n) is 10.1. The van der Waals surface area contributed by atoms with Crippen LogP contribution in [0.1, 0.15) is 32.6 Å². The van der Waals surface area contributed by atoms with Crippen LogP contribution in [-0.4, -0.2) is 71.3 Å². The van der Waals surface area contributed by atoms with Gasteiger partial charge in [0.2, 0.25) is 17.7 Å². The molecule has 0 saturated carbocycles. The minimum absolute atomic E-state index is 0.0121. The summed E-state index contributed by atoms with van der Waals surface area (Å²) in [6.45, 7) is 4.64. The van der Waals surface area contributed by atoms with Gasteiger partial charge in [0, 0.05) is 43.3 Å². The fourth-order valence-corrected chi connectivity index (χ4v) is 4.14. The van der Waals surface area contributed by atoms with Crippen LogP contribution < -0.4 is 10.6 Å². The molecule has 3 heterocycles. The van der Waals surface area contributed by atoms with E-state index in [0.29, 0.717) is 32.0 Å². The van der Waals surface area contributed by atoms with Crippen molar-refractivity contribution in [3.63, 3.8) is 0 Å². The zero-order valence-electron chi connectivity index (χ0n) is 16.7. The average molecular weight is 466 g/mol. The molecule has 8 nitrogen and oxygen atoms in total. The van der Waals surface area contributed by atoms with Crippen LogP contribution in [0.4, 0.5) is 5.82 Å². The Balaban J connectivity index is 1.43. The van der Waals surface area contributed by atoms with Gasteiger partial charge in [-0.05, 0) is 60.3 Å². The van der Waals surface area contributed by atoms with Crippen molar-refractivity contribution in [3.8, 4) is 0 Å². The summed E-state index contributed by atoms with van der Waals surface area (Å²) >= 11 is 3.33. The number of pyridine rings is 1. The smallest absolute Gasteiger partial charge is 0.234 e. The molecule has 2 saturated heterocycles. The molecule has 0 spiro atoms. The van der Waals surface area contributed by atoms with Crippen molar-refractivity contribution >= 4 is 39.5 Å². The number of hydrogen-bond donors (Lipinski definition) is 2. The predicted molar refractivity (Wildman–Crippen MR) is 113 cm³/mol. The molecule has 1 unspecified atom stereocenters. The highest BCUT2D eigenvalue weighted by Gasteiger charge is 2.28. The summed E-state index contributed by atoms with van der Waals surface area (Å²) in [6, 6.07) is 3.71. The minimum Gasteiger partial charge on any atom is -0.352 e. The SMILES string of the molecule is CC(=O)N1CCC(NC(=O)CN2CCCC(C(=O)Nc3ccc(Br)cn3)C2)CC1. The van der Waals surface area contributed by atoms with Crippen LogP contribution >= 0.6 is 15.9 Å². The molecule has 2 aliphatic rings. The van der Waals surface area contributed by atoms with Gasteiger partial charge < -0.3 is 15.5 Å². The largest absolute Gasteiger partial charge is 0.352 e. The molecular formula is C20H28BrN5O3. The summed E-state index contributed by atoms with van der Waals surface area (Å²) in [7, 11) is 0. The maximum absolute atomic E-state index is 12.6. The Kier molecular flexibility index (Phi) is 7.60. The third-order valence-corrected chi connectivity index (χ3v) is 6.00. The Hall–Kier alpha value is -2.00. The second-order valence-corrected chi connectivity index (χ2v) is 8.69. The predicted octanol–water partition coefficient (Wildman–Crippen LogP) is 1.62. The van der Waals surface area contributed by atoms with Crippen molar-refractivity contribution in [1.29, 1.82) is 0 Å². The van der Waals surface area contributed by atoms with Crippen LogP contribution in [0.2, 0.25) is 0 Å². The fraction of sp³-hybridized carbons (Fsp3) is 0.600. The van der Waals surface area contributed by atoms with Crippen LogP contribution in [0.15, 0.2) is 22.8 Å². The zero-order valence-corrected chi connectivity index (χ0v) is 18.3. The monoisotopic (exact) mass is 465 g/mol. The zero-order chi connectivity index (χ0) is 20.8. The Morgan fingerprint density at radius 3 is 2.59 bits per heavy atom. The van der Waals surface area contributed by atoms with E-state index in [4.69, 9.17) is 0 Å². The van der Waals surface area contributed by atoms with Crippen molar-refractivity contribution in [2.45, 2.75) is 38.6 Å². The standard InChI is InChI=1S/C20H28BrN5O3/c1-14(27)26-9-6-17(7-10-26)23-19(28)13-25-8-2-3-15(12-25)20(29)24-18-5-4-16(21)11-22-18/h4-5,11,15,17H,2-3,6-10,12-13H2,1H3,(H,23,28)(H,22,24,29). The lowest BCUT2D eigenvalue weighted by Crippen LogP contribution is -2.50. The Bertz CT molecular complexity index is 734. The molecule has 3 rings (SSSR count). The number of nitrogens with one attached hydrogen (secondary N) is 2. The summed E-state index contributed by atoms with van der Waals surface area (Å²) < 4.78 is 0.859. The second-order valence-electron chi connectivity index (χ2n) is 7.77. The Labute approximate surface area is 179 Å². The first-order chi connectivity index (χ1) is 13.9. The summed E-state index contributed by atoms with van der Waals surface area (Å²) in [6.07, 6.45) is 4.92. The van der Waals surface area contributed by atoms with Crippen molar-refractivity contribution < 1.29 is 14.4 Å². The number of carbonyl (C=O) groups excluding carboxylic acids is 3. The van der Waals surface area contributed by atoms with Gasteiger partial charge in [0.25, 0.3) is 0 Å². The number of nitrogens with zero attached hydrogens (tertiary/aromatic N) is 3. The highest BCUT2D eigenvalue weighted by atomic mass is 79.9. The van der Waals surface area contributed by atoms with Gasteiger partial charge in [-0.25, -0.2) is 4.98 Å². The molecule has 0 bridgehead atoms. The molecule has 0 aromatic carbocycles. The Morgan fingerprint density at radius 2 is 1.93 bits per heavy atom. The molecule has 9 heteroatoms. The molecule has 0 aliphatic carbocycles. The van der Waals surface area contributed by atoms with E-state index in [1.807, 2.05) is 15.9 Å². The molecule has 0 radical (unpaired) electrons. The lowest BCUT2D eigenvalue weighted by Gasteiger charge is -2.34. The number of carbonyl (C=O) groups is 3. The lowest BCUT2D eigenvalue weighted by molar-refractivity contribution is -0.130. The van der Waals surface area contributed by atoms with Crippen molar-refractivity contribution in [3.05, 3.63) is 22.8 Å². The van der Waals surface area contributed by atoms with Crippen LogP contribution in [0.5, 0.6) is 0 Å². The van der Waals surface area contributed by atoms with E-state index >= 15 is 0 Å². The summed E-state index contributed by atoms with van der Waals surface area (Å²) in [4.78, 5) is 44.5. The number of halogens is 1. The van der Waals surface area contributed by atoms with Gasteiger partial charge >= 0.3 is 0 Å². The Morgan fingerprint density at radius 1 is 1.17 bits per heavy atom. The van der Waals surface area contributed by atoms with Gasteiger partial charge in [-0.2, -0.15) is 0 Å². The number of anilines is 1. The average Bonchev–Trinajstić information content (AvgIpc) is 2.70. The first-order valence-corrected chi connectivity index (χ1v) is 10.9. The summed E-state index contributed by atoms with van der Waals surface area (Å²) in [5.41, 5.74) is 0. The molecule has 3 amide bonds. The van der Waals surface area contributed by atoms with Crippen molar-refractivity contribution in [2.75, 3.05) is 38.0 Å². The van der Waals surface area contributed by atoms with E-state index in [2.05, 4.69) is 31.5 Å². The van der Waals surface area contributed by atoms with Crippen LogP contribution in [0.25, 0.3) is 0 Å². The number of piperidine rings is 2. The van der Waals surface area contributed by atoms with Crippen molar-refractivity contribution in [2.24, 2.45) is 5.92 Å². The number of hydrogen-bond acceptors (Lipinski definition) is 5. The number of rotatable bonds is 5. The molecule has 1 atom stereocenters. The molecule has 1 aromatic heterocycles. The van der Waals surface area contributed by atoms with E-state index in [1.54, 1.807) is 19.2 Å². The third kappa shape index (κ3) is 6.50. The number of amides is 3. The van der Waals surface area contributed by atoms with E-state index in [1.165, 1.54) is 0 Å². The molecule has 1 aromatic rings. The molecule has 29 heavy (non-hydrogen) atoms. The van der Waals surface area contributed by atoms with Crippen molar-refractivity contribution in [1.82, 2.24) is 20.1 Å². The third-order valence-electron chi connectivity index (χ3n) is 5.53. The molecule has 2 fully saturated rings. The molecular weight excluding hydrogens is 438 g/mol. The van der Waals surface area contributed by atoms with Gasteiger partial charge in [-0.15, -0.1) is 0 Å². The maximum Gasteiger partial charge on any atom is 0.234 e. The van der Waals surface area contributed by atoms with E-state index < -0.39 is 0 Å². The van der Waals surface area contributed by atoms with Gasteiger partial charge in [0.05, 0.1) is 12.5 Å². The van der Waals surface area contributed by atoms with Crippen LogP contribution in [0, 0.1) is 5.92 Å². The second kappa shape index (κ2) is 10.2. The quantitative estimate of drug-likeness (QED) is 0.688. The van der Waals surface area contributed by atoms with Crippen LogP contribution in [-0.2, 0) is 14.4 Å². The van der Waals surface area contributed by atoms with Gasteiger partial charge in [0.1, 0.15) is 5.82 Å². The highest BCUT2D eigenvalue weighted by Crippen LogP contribution is 2.19. The van der Waals surface area contributed by atoms with E-state index in [-0.39, 0.29) is 29.7 Å². The maximum atomic E-state index is 12.6. The highest BCUT2D eigenvalue weighted by molar-refractivity contribution is 9.10. The fourth-order valence-electron chi connectivity index (χ4n) is 3.91. The van der Waals surface area contributed by atoms with E-state index in [9.17, 15) is 14.4 Å². The normalized spacial score (nSPS) is 20.9. The molecule has 2 N–H and O–H groups in total. The number of aromatic nitrogens is 1. The minimum atomic E-state index is -0.152. The molecule has 2 aliphatic heterocycles. The topological polar surface area (TPSA) is 94.6 Å². The van der Waals surface area contributed by atoms with Gasteiger partial charge in [-0.3, -0.25) is 19.3 Å². The molecule has 158 valence electrons.